The fraction of sp³-hybridized carbons (Fsp3) is 0.0909. The molecule has 0 fully saturated rings. The third kappa shape index (κ3) is 1.57. The van der Waals surface area contributed by atoms with Gasteiger partial charge in [0.25, 0.3) is 0 Å². The van der Waals surface area contributed by atoms with E-state index in [0.717, 1.165) is 11.1 Å². The molecule has 1 aliphatic carbocycles. The number of allylic oxidation sites excluding steroid dienone is 6. The van der Waals surface area contributed by atoms with E-state index < -0.39 is 0 Å². The van der Waals surface area contributed by atoms with E-state index in [1.54, 1.807) is 18.5 Å². The van der Waals surface area contributed by atoms with E-state index in [4.69, 9.17) is 5.73 Å². The van der Waals surface area contributed by atoms with Gasteiger partial charge in [-0.1, -0.05) is 18.2 Å². The average Bonchev–Trinajstić information content (AvgIpc) is 2.41. The summed E-state index contributed by atoms with van der Waals surface area (Å²) < 4.78 is 0. The van der Waals surface area contributed by atoms with Crippen LogP contribution in [0.15, 0.2) is 52.2 Å². The molecular weight excluding hydrogens is 176 g/mol. The second kappa shape index (κ2) is 3.46. The van der Waals surface area contributed by atoms with Gasteiger partial charge in [-0.25, -0.2) is 0 Å². The second-order valence-corrected chi connectivity index (χ2v) is 3.17. The van der Waals surface area contributed by atoms with E-state index in [-0.39, 0.29) is 5.91 Å². The molecule has 2 aliphatic rings. The molecule has 1 heterocycles. The van der Waals surface area contributed by atoms with Crippen molar-refractivity contribution < 1.29 is 4.79 Å². The van der Waals surface area contributed by atoms with Crippen molar-refractivity contribution in [3.05, 3.63) is 47.2 Å². The van der Waals surface area contributed by atoms with E-state index in [1.807, 2.05) is 18.2 Å². The first-order valence-electron chi connectivity index (χ1n) is 4.37. The highest BCUT2D eigenvalue weighted by molar-refractivity contribution is 5.93. The van der Waals surface area contributed by atoms with E-state index in [0.29, 0.717) is 12.0 Å². The Morgan fingerprint density at radius 3 is 3.07 bits per heavy atom. The molecule has 14 heavy (non-hydrogen) atoms. The van der Waals surface area contributed by atoms with Crippen molar-refractivity contribution in [1.29, 1.82) is 0 Å². The van der Waals surface area contributed by atoms with Crippen molar-refractivity contribution >= 4 is 12.1 Å². The zero-order valence-corrected chi connectivity index (χ0v) is 7.60. The topological polar surface area (TPSA) is 55.5 Å². The minimum atomic E-state index is -0.363. The summed E-state index contributed by atoms with van der Waals surface area (Å²) in [6.07, 6.45) is 11.6. The molecule has 0 spiro atoms. The molecule has 3 heteroatoms. The van der Waals surface area contributed by atoms with Gasteiger partial charge in [0, 0.05) is 24.4 Å². The van der Waals surface area contributed by atoms with Gasteiger partial charge in [0.2, 0.25) is 5.91 Å². The predicted molar refractivity (Wildman–Crippen MR) is 55.7 cm³/mol. The maximum Gasteiger partial charge on any atom is 0.244 e. The highest BCUT2D eigenvalue weighted by atomic mass is 16.1. The van der Waals surface area contributed by atoms with Crippen LogP contribution in [0.25, 0.3) is 0 Å². The summed E-state index contributed by atoms with van der Waals surface area (Å²) in [6.45, 7) is 0. The van der Waals surface area contributed by atoms with Gasteiger partial charge in [0.15, 0.2) is 0 Å². The van der Waals surface area contributed by atoms with Gasteiger partial charge in [-0.3, -0.25) is 9.79 Å². The predicted octanol–water partition coefficient (Wildman–Crippen LogP) is 1.25. The average molecular weight is 186 g/mol. The third-order valence-corrected chi connectivity index (χ3v) is 2.21. The van der Waals surface area contributed by atoms with Gasteiger partial charge in [-0.2, -0.15) is 0 Å². The van der Waals surface area contributed by atoms with E-state index in [9.17, 15) is 4.79 Å². The summed E-state index contributed by atoms with van der Waals surface area (Å²) in [6, 6.07) is 0. The quantitative estimate of drug-likeness (QED) is 0.658. The number of nitrogens with zero attached hydrogens (tertiary/aromatic N) is 1. The Morgan fingerprint density at radius 2 is 2.29 bits per heavy atom. The van der Waals surface area contributed by atoms with E-state index in [2.05, 4.69) is 4.99 Å². The van der Waals surface area contributed by atoms with Crippen LogP contribution in [0.4, 0.5) is 0 Å². The first-order valence-corrected chi connectivity index (χ1v) is 4.37. The molecule has 0 atom stereocenters. The smallest absolute Gasteiger partial charge is 0.244 e. The van der Waals surface area contributed by atoms with Crippen molar-refractivity contribution in [2.45, 2.75) is 6.42 Å². The summed E-state index contributed by atoms with van der Waals surface area (Å²) in [5.41, 5.74) is 7.96. The molecule has 0 aromatic rings. The Morgan fingerprint density at radius 1 is 1.43 bits per heavy atom. The minimum Gasteiger partial charge on any atom is -0.366 e. The van der Waals surface area contributed by atoms with Crippen LogP contribution in [-0.2, 0) is 4.79 Å². The van der Waals surface area contributed by atoms with Crippen LogP contribution >= 0.6 is 0 Å². The first-order chi connectivity index (χ1) is 6.77. The Labute approximate surface area is 82.0 Å². The van der Waals surface area contributed by atoms with Crippen LogP contribution < -0.4 is 5.73 Å². The molecule has 0 saturated carbocycles. The largest absolute Gasteiger partial charge is 0.366 e. The zero-order chi connectivity index (χ0) is 9.97. The van der Waals surface area contributed by atoms with Gasteiger partial charge in [-0.15, -0.1) is 0 Å². The number of nitrogens with two attached hydrogens (primary N) is 1. The number of fused-ring (bicyclic) bond motifs is 1. The number of primary amides is 1. The Hall–Kier alpha value is -1.90. The van der Waals surface area contributed by atoms with Gasteiger partial charge in [0.05, 0.1) is 0 Å². The van der Waals surface area contributed by atoms with Crippen LogP contribution in [0.5, 0.6) is 0 Å². The normalized spacial score (nSPS) is 19.0. The molecule has 0 radical (unpaired) electrons. The molecular formula is C11H10N2O. The fourth-order valence-electron chi connectivity index (χ4n) is 1.44. The van der Waals surface area contributed by atoms with Crippen molar-refractivity contribution in [2.24, 2.45) is 10.7 Å². The molecule has 1 aliphatic heterocycles. The van der Waals surface area contributed by atoms with E-state index in [1.165, 1.54) is 0 Å². The standard InChI is InChI=1S/C11H10N2O/c12-11(14)9-4-3-8-2-1-5-13-7-10(8)6-9/h1-5,7H,6H2,(H2,12,14). The van der Waals surface area contributed by atoms with Crippen LogP contribution in [0, 0.1) is 0 Å². The Balaban J connectivity index is 2.38. The SMILES string of the molecule is NC(=O)C1=CC=C2C=CC=NC=C2C1. The van der Waals surface area contributed by atoms with E-state index >= 15 is 0 Å². The van der Waals surface area contributed by atoms with Crippen molar-refractivity contribution in [2.75, 3.05) is 0 Å². The van der Waals surface area contributed by atoms with Crippen LogP contribution in [-0.4, -0.2) is 12.1 Å². The highest BCUT2D eigenvalue weighted by Gasteiger charge is 2.14. The molecule has 0 unspecified atom stereocenters. The summed E-state index contributed by atoms with van der Waals surface area (Å²) in [5, 5.41) is 0. The summed E-state index contributed by atoms with van der Waals surface area (Å²) in [4.78, 5) is 15.0. The molecule has 2 rings (SSSR count). The van der Waals surface area contributed by atoms with Gasteiger partial charge in [0.1, 0.15) is 0 Å². The maximum absolute atomic E-state index is 11.0. The number of aliphatic imine (C=N–C) groups is 1. The molecule has 2 N–H and O–H groups in total. The lowest BCUT2D eigenvalue weighted by Crippen LogP contribution is -2.15. The number of hydrogen-bond donors (Lipinski definition) is 1. The van der Waals surface area contributed by atoms with Crippen molar-refractivity contribution in [3.8, 4) is 0 Å². The lowest BCUT2D eigenvalue weighted by atomic mass is 9.93. The molecule has 1 amide bonds. The number of amides is 1. The molecule has 0 aromatic heterocycles. The highest BCUT2D eigenvalue weighted by Crippen LogP contribution is 2.26. The fourth-order valence-corrected chi connectivity index (χ4v) is 1.44. The lowest BCUT2D eigenvalue weighted by Gasteiger charge is -2.12. The number of carbonyl (C=O) groups excluding carboxylic acids is 1. The minimum absolute atomic E-state index is 0.363. The van der Waals surface area contributed by atoms with Gasteiger partial charge >= 0.3 is 0 Å². The van der Waals surface area contributed by atoms with Crippen LogP contribution in [0.2, 0.25) is 0 Å². The Kier molecular flexibility index (Phi) is 2.14. The third-order valence-electron chi connectivity index (χ3n) is 2.21. The summed E-state index contributed by atoms with van der Waals surface area (Å²) in [7, 11) is 0. The number of rotatable bonds is 1. The van der Waals surface area contributed by atoms with Gasteiger partial charge < -0.3 is 5.73 Å². The monoisotopic (exact) mass is 186 g/mol. The number of carbonyl (C=O) groups is 1. The second-order valence-electron chi connectivity index (χ2n) is 3.17. The van der Waals surface area contributed by atoms with Crippen LogP contribution in [0.1, 0.15) is 6.42 Å². The molecule has 70 valence electrons. The lowest BCUT2D eigenvalue weighted by molar-refractivity contribution is -0.114. The molecule has 0 bridgehead atoms. The summed E-state index contributed by atoms with van der Waals surface area (Å²) >= 11 is 0. The summed E-state index contributed by atoms with van der Waals surface area (Å²) in [5.74, 6) is -0.363. The molecule has 0 aromatic carbocycles. The van der Waals surface area contributed by atoms with Gasteiger partial charge in [-0.05, 0) is 17.2 Å². The van der Waals surface area contributed by atoms with Crippen molar-refractivity contribution in [1.82, 2.24) is 0 Å². The first kappa shape index (κ1) is 8.69. The zero-order valence-electron chi connectivity index (χ0n) is 7.60. The Bertz CT molecular complexity index is 423. The van der Waals surface area contributed by atoms with Crippen LogP contribution in [0.3, 0.4) is 0 Å². The maximum atomic E-state index is 11.0. The molecule has 0 saturated heterocycles. The van der Waals surface area contributed by atoms with Crippen molar-refractivity contribution in [3.63, 3.8) is 0 Å². The molecule has 3 nitrogen and oxygen atoms in total. The number of hydrogen-bond acceptors (Lipinski definition) is 2.